The number of unbranched alkanes of at least 4 members (excludes halogenated alkanes) is 1. The van der Waals surface area contributed by atoms with E-state index in [1.165, 1.54) is 0 Å². The molecule has 0 aliphatic carbocycles. The number of rotatable bonds is 7. The highest BCUT2D eigenvalue weighted by atomic mass is 16.4. The van der Waals surface area contributed by atoms with E-state index in [-0.39, 0.29) is 0 Å². The summed E-state index contributed by atoms with van der Waals surface area (Å²) in [5.74, 6) is 3.36. The third-order valence-electron chi connectivity index (χ3n) is 3.75. The number of oxazole rings is 1. The summed E-state index contributed by atoms with van der Waals surface area (Å²) in [6, 6.07) is 0. The van der Waals surface area contributed by atoms with Crippen LogP contribution in [0.15, 0.2) is 21.8 Å². The van der Waals surface area contributed by atoms with Crippen LogP contribution in [0.3, 0.4) is 0 Å². The van der Waals surface area contributed by atoms with Gasteiger partial charge in [0.15, 0.2) is 5.96 Å². The molecule has 0 bridgehead atoms. The van der Waals surface area contributed by atoms with Crippen molar-refractivity contribution in [3.8, 4) is 0 Å². The van der Waals surface area contributed by atoms with Crippen molar-refractivity contribution in [3.05, 3.63) is 35.6 Å². The predicted molar refractivity (Wildman–Crippen MR) is 90.4 cm³/mol. The van der Waals surface area contributed by atoms with Crippen LogP contribution in [0.25, 0.3) is 0 Å². The second-order valence-corrected chi connectivity index (χ2v) is 5.48. The Morgan fingerprint density at radius 2 is 2.09 bits per heavy atom. The average Bonchev–Trinajstić information content (AvgIpc) is 3.08. The Labute approximate surface area is 137 Å². The molecule has 0 fully saturated rings. The highest BCUT2D eigenvalue weighted by molar-refractivity contribution is 5.79. The van der Waals surface area contributed by atoms with Crippen LogP contribution >= 0.6 is 0 Å². The molecule has 7 nitrogen and oxygen atoms in total. The number of guanidine groups is 1. The van der Waals surface area contributed by atoms with Gasteiger partial charge in [0.1, 0.15) is 11.6 Å². The summed E-state index contributed by atoms with van der Waals surface area (Å²) in [7, 11) is 1.76. The van der Waals surface area contributed by atoms with Crippen molar-refractivity contribution in [2.75, 3.05) is 13.6 Å². The van der Waals surface area contributed by atoms with Crippen LogP contribution < -0.4 is 10.6 Å². The zero-order chi connectivity index (χ0) is 16.7. The summed E-state index contributed by atoms with van der Waals surface area (Å²) in [6.07, 6.45) is 6.02. The van der Waals surface area contributed by atoms with E-state index >= 15 is 0 Å². The normalized spacial score (nSPS) is 11.7. The number of nitrogens with one attached hydrogen (secondary N) is 2. The van der Waals surface area contributed by atoms with E-state index in [9.17, 15) is 0 Å². The van der Waals surface area contributed by atoms with Gasteiger partial charge in [0.25, 0.3) is 0 Å². The standard InChI is InChI=1S/C16H26N6O/c1-12-13(2)23-15(21-12)11-20-16(17-4)19-7-5-6-9-22-10-8-18-14(22)3/h8,10H,5-7,9,11H2,1-4H3,(H2,17,19,20). The number of aryl methyl sites for hydroxylation is 4. The maximum absolute atomic E-state index is 5.54. The molecule has 0 aliphatic rings. The first-order valence-corrected chi connectivity index (χ1v) is 7.95. The lowest BCUT2D eigenvalue weighted by atomic mass is 10.3. The van der Waals surface area contributed by atoms with Gasteiger partial charge in [0, 0.05) is 32.5 Å². The molecule has 0 saturated carbocycles. The monoisotopic (exact) mass is 318 g/mol. The summed E-state index contributed by atoms with van der Waals surface area (Å²) in [6.45, 7) is 8.28. The van der Waals surface area contributed by atoms with E-state index in [1.807, 2.05) is 33.2 Å². The fourth-order valence-electron chi connectivity index (χ4n) is 2.25. The Morgan fingerprint density at radius 1 is 1.26 bits per heavy atom. The fraction of sp³-hybridized carbons (Fsp3) is 0.562. The minimum absolute atomic E-state index is 0.530. The molecular formula is C16H26N6O. The minimum Gasteiger partial charge on any atom is -0.444 e. The third kappa shape index (κ3) is 5.12. The summed E-state index contributed by atoms with van der Waals surface area (Å²) >= 11 is 0. The van der Waals surface area contributed by atoms with Crippen LogP contribution in [0, 0.1) is 20.8 Å². The highest BCUT2D eigenvalue weighted by Crippen LogP contribution is 2.07. The van der Waals surface area contributed by atoms with Gasteiger partial charge >= 0.3 is 0 Å². The van der Waals surface area contributed by atoms with Crippen molar-refractivity contribution in [1.29, 1.82) is 0 Å². The minimum atomic E-state index is 0.530. The molecule has 2 rings (SSSR count). The maximum Gasteiger partial charge on any atom is 0.214 e. The Balaban J connectivity index is 1.64. The molecule has 7 heteroatoms. The molecule has 0 aromatic carbocycles. The van der Waals surface area contributed by atoms with Crippen molar-refractivity contribution in [2.24, 2.45) is 4.99 Å². The number of hydrogen-bond acceptors (Lipinski definition) is 4. The van der Waals surface area contributed by atoms with Crippen LogP contribution in [-0.2, 0) is 13.1 Å². The van der Waals surface area contributed by atoms with Gasteiger partial charge in [-0.3, -0.25) is 4.99 Å². The number of nitrogens with zero attached hydrogens (tertiary/aromatic N) is 4. The molecule has 2 heterocycles. The van der Waals surface area contributed by atoms with Crippen LogP contribution in [0.4, 0.5) is 0 Å². The van der Waals surface area contributed by atoms with Gasteiger partial charge < -0.3 is 19.6 Å². The van der Waals surface area contributed by atoms with E-state index in [4.69, 9.17) is 4.42 Å². The van der Waals surface area contributed by atoms with E-state index in [2.05, 4.69) is 30.2 Å². The molecule has 0 radical (unpaired) electrons. The number of hydrogen-bond donors (Lipinski definition) is 2. The Hall–Kier alpha value is -2.31. The van der Waals surface area contributed by atoms with Gasteiger partial charge in [-0.05, 0) is 33.6 Å². The number of aliphatic imine (C=N–C) groups is 1. The van der Waals surface area contributed by atoms with E-state index < -0.39 is 0 Å². The van der Waals surface area contributed by atoms with Crippen molar-refractivity contribution >= 4 is 5.96 Å². The second kappa shape index (κ2) is 8.36. The predicted octanol–water partition coefficient (Wildman–Crippen LogP) is 1.94. The van der Waals surface area contributed by atoms with Crippen molar-refractivity contribution < 1.29 is 4.42 Å². The summed E-state index contributed by atoms with van der Waals surface area (Å²) in [5.41, 5.74) is 0.930. The molecule has 2 aromatic heterocycles. The molecule has 126 valence electrons. The Kier molecular flexibility index (Phi) is 6.19. The molecular weight excluding hydrogens is 292 g/mol. The lowest BCUT2D eigenvalue weighted by molar-refractivity contribution is 0.463. The van der Waals surface area contributed by atoms with Crippen LogP contribution in [0.2, 0.25) is 0 Å². The molecule has 0 spiro atoms. The van der Waals surface area contributed by atoms with Crippen LogP contribution in [0.1, 0.15) is 36.0 Å². The summed E-state index contributed by atoms with van der Waals surface area (Å²) in [4.78, 5) is 12.8. The fourth-order valence-corrected chi connectivity index (χ4v) is 2.25. The third-order valence-corrected chi connectivity index (χ3v) is 3.75. The second-order valence-electron chi connectivity index (χ2n) is 5.48. The van der Waals surface area contributed by atoms with Gasteiger partial charge in [0.05, 0.1) is 12.2 Å². The lowest BCUT2D eigenvalue weighted by Gasteiger charge is -2.11. The van der Waals surface area contributed by atoms with E-state index in [0.29, 0.717) is 12.4 Å². The molecule has 23 heavy (non-hydrogen) atoms. The van der Waals surface area contributed by atoms with Gasteiger partial charge in [-0.25, -0.2) is 9.97 Å². The van der Waals surface area contributed by atoms with Gasteiger partial charge in [-0.2, -0.15) is 0 Å². The van der Waals surface area contributed by atoms with Crippen molar-refractivity contribution in [3.63, 3.8) is 0 Å². The van der Waals surface area contributed by atoms with Gasteiger partial charge in [-0.1, -0.05) is 0 Å². The molecule has 0 aliphatic heterocycles. The van der Waals surface area contributed by atoms with Crippen molar-refractivity contribution in [2.45, 2.75) is 46.7 Å². The largest absolute Gasteiger partial charge is 0.444 e. The molecule has 2 N–H and O–H groups in total. The Morgan fingerprint density at radius 3 is 2.70 bits per heavy atom. The molecule has 2 aromatic rings. The number of imidazole rings is 1. The number of aromatic nitrogens is 3. The average molecular weight is 318 g/mol. The van der Waals surface area contributed by atoms with Crippen LogP contribution in [-0.4, -0.2) is 34.1 Å². The topological polar surface area (TPSA) is 80.3 Å². The molecule has 0 atom stereocenters. The first kappa shape index (κ1) is 17.1. The zero-order valence-electron chi connectivity index (χ0n) is 14.4. The Bertz CT molecular complexity index is 623. The highest BCUT2D eigenvalue weighted by Gasteiger charge is 2.06. The first-order valence-electron chi connectivity index (χ1n) is 7.95. The van der Waals surface area contributed by atoms with E-state index in [0.717, 1.165) is 49.2 Å². The first-order chi connectivity index (χ1) is 11.1. The summed E-state index contributed by atoms with van der Waals surface area (Å²) in [5, 5.41) is 6.51. The van der Waals surface area contributed by atoms with E-state index in [1.54, 1.807) is 7.05 Å². The smallest absolute Gasteiger partial charge is 0.214 e. The zero-order valence-corrected chi connectivity index (χ0v) is 14.4. The van der Waals surface area contributed by atoms with Gasteiger partial charge in [-0.15, -0.1) is 0 Å². The molecule has 0 unspecified atom stereocenters. The van der Waals surface area contributed by atoms with Crippen molar-refractivity contribution in [1.82, 2.24) is 25.2 Å². The SMILES string of the molecule is CN=C(NCCCCn1ccnc1C)NCc1nc(C)c(C)o1. The maximum atomic E-state index is 5.54. The quantitative estimate of drug-likeness (QED) is 0.463. The molecule has 0 amide bonds. The summed E-state index contributed by atoms with van der Waals surface area (Å²) < 4.78 is 7.71. The molecule has 0 saturated heterocycles. The van der Waals surface area contributed by atoms with Gasteiger partial charge in [0.2, 0.25) is 5.89 Å². The van der Waals surface area contributed by atoms with Crippen LogP contribution in [0.5, 0.6) is 0 Å². The lowest BCUT2D eigenvalue weighted by Crippen LogP contribution is -2.37.